The minimum atomic E-state index is -0.373. The second-order valence-electron chi connectivity index (χ2n) is 1.51. The third kappa shape index (κ3) is 5.30. The van der Waals surface area contributed by atoms with Crippen molar-refractivity contribution in [2.45, 2.75) is 13.0 Å². The number of carbonyl (C=O) groups excluding carboxylic acids is 1. The van der Waals surface area contributed by atoms with Gasteiger partial charge in [-0.25, -0.2) is 0 Å². The molecule has 0 amide bonds. The second kappa shape index (κ2) is 5.56. The van der Waals surface area contributed by atoms with Gasteiger partial charge >= 0.3 is 0 Å². The Bertz CT molecular complexity index is 72.7. The van der Waals surface area contributed by atoms with Crippen molar-refractivity contribution in [3.8, 4) is 0 Å². The van der Waals surface area contributed by atoms with E-state index in [1.54, 1.807) is 0 Å². The van der Waals surface area contributed by atoms with Gasteiger partial charge in [-0.05, 0) is 13.8 Å². The largest absolute Gasteiger partial charge is 0.462 e. The summed E-state index contributed by atoms with van der Waals surface area (Å²) in [5.74, 6) is 0. The van der Waals surface area contributed by atoms with Gasteiger partial charge in [-0.1, -0.05) is 0 Å². The van der Waals surface area contributed by atoms with Crippen LogP contribution in [0.3, 0.4) is 0 Å². The summed E-state index contributed by atoms with van der Waals surface area (Å²) in [5.41, 5.74) is 0. The number of rotatable bonds is 5. The van der Waals surface area contributed by atoms with E-state index in [0.717, 1.165) is 0 Å². The zero-order chi connectivity index (χ0) is 7.11. The van der Waals surface area contributed by atoms with E-state index >= 15 is 0 Å². The van der Waals surface area contributed by atoms with Gasteiger partial charge in [0.1, 0.15) is 6.10 Å². The molecule has 0 aromatic carbocycles. The van der Waals surface area contributed by atoms with Crippen molar-refractivity contribution in [1.82, 2.24) is 0 Å². The average molecular weight is 131 g/mol. The molecular weight excluding hydrogens is 120 g/mol. The van der Waals surface area contributed by atoms with Gasteiger partial charge in [-0.15, -0.1) is 0 Å². The molecule has 0 saturated carbocycles. The zero-order valence-corrected chi connectivity index (χ0v) is 5.50. The lowest BCUT2D eigenvalue weighted by atomic mass is 10.4. The maximum atomic E-state index is 9.66. The van der Waals surface area contributed by atoms with Crippen molar-refractivity contribution in [2.24, 2.45) is 0 Å². The fourth-order valence-corrected chi connectivity index (χ4v) is 0.367. The average Bonchev–Trinajstić information content (AvgIpc) is 1.85. The highest BCUT2D eigenvalue weighted by atomic mass is 16.6. The Labute approximate surface area is 55.0 Å². The molecule has 0 aromatic rings. The third-order valence-corrected chi connectivity index (χ3v) is 0.756. The lowest BCUT2D eigenvalue weighted by molar-refractivity contribution is -0.134. The van der Waals surface area contributed by atoms with Crippen molar-refractivity contribution < 1.29 is 14.3 Å². The standard InChI is InChI=1S/C6H11O3/c1-3-8-4-6(2)9-5-7/h5-6H,2-4H2,1H3. The molecule has 0 fully saturated rings. The maximum absolute atomic E-state index is 9.66. The fraction of sp³-hybridized carbons (Fsp3) is 0.667. The molecule has 0 aliphatic carbocycles. The SMILES string of the molecule is [CH2]C(COCC)OC=O. The topological polar surface area (TPSA) is 35.5 Å². The monoisotopic (exact) mass is 131 g/mol. The summed E-state index contributed by atoms with van der Waals surface area (Å²) in [7, 11) is 0. The van der Waals surface area contributed by atoms with E-state index < -0.39 is 0 Å². The summed E-state index contributed by atoms with van der Waals surface area (Å²) in [6, 6.07) is 0. The van der Waals surface area contributed by atoms with Crippen molar-refractivity contribution in [3.05, 3.63) is 6.92 Å². The van der Waals surface area contributed by atoms with Crippen LogP contribution in [0.15, 0.2) is 0 Å². The zero-order valence-electron chi connectivity index (χ0n) is 5.50. The van der Waals surface area contributed by atoms with Crippen LogP contribution in [0.2, 0.25) is 0 Å². The molecule has 1 unspecified atom stereocenters. The Kier molecular flexibility index (Phi) is 5.21. The van der Waals surface area contributed by atoms with Crippen molar-refractivity contribution >= 4 is 6.47 Å². The lowest BCUT2D eigenvalue weighted by Crippen LogP contribution is -2.15. The van der Waals surface area contributed by atoms with Gasteiger partial charge in [0.05, 0.1) is 6.61 Å². The molecule has 0 heterocycles. The van der Waals surface area contributed by atoms with E-state index in [0.29, 0.717) is 19.7 Å². The highest BCUT2D eigenvalue weighted by Crippen LogP contribution is 1.86. The summed E-state index contributed by atoms with van der Waals surface area (Å²) in [6.07, 6.45) is -0.373. The smallest absolute Gasteiger partial charge is 0.293 e. The Morgan fingerprint density at radius 3 is 2.89 bits per heavy atom. The van der Waals surface area contributed by atoms with E-state index in [-0.39, 0.29) is 6.10 Å². The molecule has 0 N–H and O–H groups in total. The normalized spacial score (nSPS) is 12.7. The van der Waals surface area contributed by atoms with Gasteiger partial charge in [0, 0.05) is 6.61 Å². The molecule has 3 nitrogen and oxygen atoms in total. The van der Waals surface area contributed by atoms with Crippen molar-refractivity contribution in [3.63, 3.8) is 0 Å². The Hall–Kier alpha value is -0.570. The van der Waals surface area contributed by atoms with Crippen LogP contribution in [-0.4, -0.2) is 25.8 Å². The van der Waals surface area contributed by atoms with E-state index in [1.165, 1.54) is 0 Å². The van der Waals surface area contributed by atoms with Gasteiger partial charge in [0.25, 0.3) is 6.47 Å². The first-order chi connectivity index (χ1) is 4.31. The minimum absolute atomic E-state index is 0.370. The van der Waals surface area contributed by atoms with Crippen LogP contribution >= 0.6 is 0 Å². The predicted octanol–water partition coefficient (Wildman–Crippen LogP) is 0.399. The Balaban J connectivity index is 3.04. The van der Waals surface area contributed by atoms with Crippen LogP contribution in [0.1, 0.15) is 6.92 Å². The van der Waals surface area contributed by atoms with Crippen LogP contribution in [-0.2, 0) is 14.3 Å². The Morgan fingerprint density at radius 2 is 2.44 bits per heavy atom. The van der Waals surface area contributed by atoms with Crippen LogP contribution in [0.25, 0.3) is 0 Å². The van der Waals surface area contributed by atoms with Gasteiger partial charge in [-0.3, -0.25) is 4.79 Å². The summed E-state index contributed by atoms with van der Waals surface area (Å²) in [4.78, 5) is 9.66. The number of ether oxygens (including phenoxy) is 2. The lowest BCUT2D eigenvalue weighted by Gasteiger charge is -2.07. The van der Waals surface area contributed by atoms with E-state index in [4.69, 9.17) is 4.74 Å². The van der Waals surface area contributed by atoms with E-state index in [1.807, 2.05) is 6.92 Å². The molecule has 0 aliphatic rings. The highest BCUT2D eigenvalue weighted by molar-refractivity contribution is 5.37. The molecule has 0 aliphatic heterocycles. The van der Waals surface area contributed by atoms with Gasteiger partial charge < -0.3 is 9.47 Å². The molecule has 0 spiro atoms. The highest BCUT2D eigenvalue weighted by Gasteiger charge is 1.98. The summed E-state index contributed by atoms with van der Waals surface area (Å²) in [5, 5.41) is 0. The third-order valence-electron chi connectivity index (χ3n) is 0.756. The molecule has 1 radical (unpaired) electrons. The van der Waals surface area contributed by atoms with E-state index in [2.05, 4.69) is 11.7 Å². The molecule has 0 aromatic heterocycles. The molecule has 3 heteroatoms. The van der Waals surface area contributed by atoms with Crippen LogP contribution in [0.4, 0.5) is 0 Å². The number of carbonyl (C=O) groups is 1. The quantitative estimate of drug-likeness (QED) is 0.506. The molecule has 53 valence electrons. The van der Waals surface area contributed by atoms with Crippen LogP contribution in [0, 0.1) is 6.92 Å². The van der Waals surface area contributed by atoms with E-state index in [9.17, 15) is 4.79 Å². The number of hydrogen-bond acceptors (Lipinski definition) is 3. The van der Waals surface area contributed by atoms with Crippen LogP contribution < -0.4 is 0 Å². The summed E-state index contributed by atoms with van der Waals surface area (Å²) in [6.45, 7) is 6.72. The molecule has 0 bridgehead atoms. The summed E-state index contributed by atoms with van der Waals surface area (Å²) >= 11 is 0. The van der Waals surface area contributed by atoms with Crippen molar-refractivity contribution in [1.29, 1.82) is 0 Å². The molecule has 0 saturated heterocycles. The van der Waals surface area contributed by atoms with Gasteiger partial charge in [-0.2, -0.15) is 0 Å². The first kappa shape index (κ1) is 8.43. The Morgan fingerprint density at radius 1 is 1.78 bits per heavy atom. The second-order valence-corrected chi connectivity index (χ2v) is 1.51. The van der Waals surface area contributed by atoms with Gasteiger partial charge in [0.2, 0.25) is 0 Å². The molecule has 1 atom stereocenters. The number of hydrogen-bond donors (Lipinski definition) is 0. The minimum Gasteiger partial charge on any atom is -0.462 e. The first-order valence-electron chi connectivity index (χ1n) is 2.81. The molecular formula is C6H11O3. The molecule has 9 heavy (non-hydrogen) atoms. The predicted molar refractivity (Wildman–Crippen MR) is 32.8 cm³/mol. The maximum Gasteiger partial charge on any atom is 0.293 e. The first-order valence-corrected chi connectivity index (χ1v) is 2.81. The van der Waals surface area contributed by atoms with Gasteiger partial charge in [0.15, 0.2) is 0 Å². The fourth-order valence-electron chi connectivity index (χ4n) is 0.367. The molecule has 0 rings (SSSR count). The van der Waals surface area contributed by atoms with Crippen LogP contribution in [0.5, 0.6) is 0 Å². The summed E-state index contributed by atoms with van der Waals surface area (Å²) < 4.78 is 9.33. The van der Waals surface area contributed by atoms with Crippen molar-refractivity contribution in [2.75, 3.05) is 13.2 Å².